The molecule has 2 aromatic carbocycles. The fourth-order valence-corrected chi connectivity index (χ4v) is 5.43. The van der Waals surface area contributed by atoms with Gasteiger partial charge in [0.2, 0.25) is 0 Å². The molecule has 11 nitrogen and oxygen atoms in total. The molecule has 0 fully saturated rings. The molecule has 5 heterocycles. The van der Waals surface area contributed by atoms with Crippen LogP contribution in [0, 0.1) is 0 Å². The number of pyridine rings is 4. The zero-order valence-corrected chi connectivity index (χ0v) is 33.9. The Morgan fingerprint density at radius 1 is 0.745 bits per heavy atom. The van der Waals surface area contributed by atoms with Gasteiger partial charge in [-0.25, -0.2) is 5.84 Å². The van der Waals surface area contributed by atoms with Gasteiger partial charge in [-0.3, -0.25) is 34.7 Å². The highest BCUT2D eigenvalue weighted by molar-refractivity contribution is 9.10. The number of thiocarbonyl (C=S) groups is 1. The molecule has 0 aliphatic rings. The summed E-state index contributed by atoms with van der Waals surface area (Å²) in [5.41, 5.74) is 7.33. The number of unbranched alkanes of at least 4 members (excludes halogenated alkanes) is 1. The number of hydrogen-bond donors (Lipinski definition) is 3. The summed E-state index contributed by atoms with van der Waals surface area (Å²) in [6.07, 6.45) is 13.3. The highest BCUT2D eigenvalue weighted by atomic mass is 79.9. The average molecular weight is 882 g/mol. The van der Waals surface area contributed by atoms with Gasteiger partial charge in [0.25, 0.3) is 5.91 Å². The third-order valence-electron chi connectivity index (χ3n) is 7.39. The van der Waals surface area contributed by atoms with Gasteiger partial charge in [-0.05, 0) is 96.9 Å². The number of nitrogens with two attached hydrogens (primary N) is 1. The van der Waals surface area contributed by atoms with E-state index in [0.29, 0.717) is 18.0 Å². The number of halogens is 2. The molecule has 0 atom stereocenters. The maximum absolute atomic E-state index is 10.9. The Morgan fingerprint density at radius 3 is 1.85 bits per heavy atom. The SMILES string of the molecule is Brc1ccc(-c2nnc(-c3ccccn3)n2-c2ccncc2)cc1.CCCCO.NNC(=O)c1ccc(Br)cc1.S=C(Cc1ccncc1)c1ccccn1. The first-order chi connectivity index (χ1) is 26.8. The molecule has 0 saturated heterocycles. The van der Waals surface area contributed by atoms with Crippen LogP contribution in [0.3, 0.4) is 0 Å². The highest BCUT2D eigenvalue weighted by Crippen LogP contribution is 2.28. The van der Waals surface area contributed by atoms with Gasteiger partial charge in [-0.1, -0.05) is 81.7 Å². The minimum absolute atomic E-state index is 0.280. The van der Waals surface area contributed by atoms with Gasteiger partial charge < -0.3 is 5.11 Å². The minimum atomic E-state index is -0.280. The van der Waals surface area contributed by atoms with Crippen LogP contribution in [0.15, 0.2) is 155 Å². The van der Waals surface area contributed by atoms with Crippen LogP contribution < -0.4 is 11.3 Å². The molecule has 7 aromatic rings. The van der Waals surface area contributed by atoms with E-state index < -0.39 is 0 Å². The molecule has 0 aliphatic heterocycles. The van der Waals surface area contributed by atoms with Crippen molar-refractivity contribution in [3.63, 3.8) is 0 Å². The average Bonchev–Trinajstić information content (AvgIpc) is 3.69. The Hall–Kier alpha value is -5.38. The second-order valence-electron chi connectivity index (χ2n) is 11.3. The van der Waals surface area contributed by atoms with Crippen molar-refractivity contribution >= 4 is 54.8 Å². The first-order valence-electron chi connectivity index (χ1n) is 17.1. The van der Waals surface area contributed by atoms with E-state index in [2.05, 4.69) is 68.9 Å². The van der Waals surface area contributed by atoms with Crippen LogP contribution in [-0.2, 0) is 6.42 Å². The van der Waals surface area contributed by atoms with E-state index in [-0.39, 0.29) is 5.91 Å². The summed E-state index contributed by atoms with van der Waals surface area (Å²) in [6, 6.07) is 34.2. The highest BCUT2D eigenvalue weighted by Gasteiger charge is 2.17. The van der Waals surface area contributed by atoms with Crippen LogP contribution in [0.1, 0.15) is 41.4 Å². The number of hydrogen-bond acceptors (Lipinski definition) is 10. The number of nitrogen functional groups attached to an aromatic ring is 1. The standard InChI is InChI=1S/C18H12BrN5.C12H10N2S.C7H7BrN2O.C4H10O/c19-14-6-4-13(5-7-14)17-22-23-18(16-3-1-2-10-21-16)24(17)15-8-11-20-12-9-15;15-12(11-3-1-2-6-14-11)9-10-4-7-13-8-5-10;8-6-3-1-5(2-4-6)7(11)10-9;1-2-3-4-5/h1-12H;1-8H,9H2;1-4H,9H2,(H,10,11);5H,2-4H2,1H3. The second kappa shape index (κ2) is 23.4. The molecule has 0 spiro atoms. The molecular weight excluding hydrogens is 842 g/mol. The summed E-state index contributed by atoms with van der Waals surface area (Å²) in [4.78, 5) is 28.4. The molecule has 0 aliphatic carbocycles. The predicted octanol–water partition coefficient (Wildman–Crippen LogP) is 8.42. The number of nitrogens with one attached hydrogen (secondary N) is 1. The van der Waals surface area contributed by atoms with E-state index in [0.717, 1.165) is 61.5 Å². The van der Waals surface area contributed by atoms with Crippen molar-refractivity contribution in [2.45, 2.75) is 26.2 Å². The van der Waals surface area contributed by atoms with Crippen molar-refractivity contribution < 1.29 is 9.90 Å². The van der Waals surface area contributed by atoms with Gasteiger partial charge in [0.15, 0.2) is 11.6 Å². The number of aromatic nitrogens is 7. The van der Waals surface area contributed by atoms with Gasteiger partial charge >= 0.3 is 0 Å². The largest absolute Gasteiger partial charge is 0.396 e. The van der Waals surface area contributed by atoms with Crippen molar-refractivity contribution in [3.05, 3.63) is 172 Å². The van der Waals surface area contributed by atoms with Crippen LogP contribution >= 0.6 is 44.1 Å². The molecular formula is C41H39Br2N9O2S. The summed E-state index contributed by atoms with van der Waals surface area (Å²) in [6.45, 7) is 2.40. The Morgan fingerprint density at radius 2 is 1.33 bits per heavy atom. The monoisotopic (exact) mass is 879 g/mol. The lowest BCUT2D eigenvalue weighted by Crippen LogP contribution is -2.29. The molecule has 5 aromatic heterocycles. The molecule has 1 amide bonds. The number of amides is 1. The van der Waals surface area contributed by atoms with Gasteiger partial charge in [0.05, 0.1) is 11.4 Å². The Bertz CT molecular complexity index is 2160. The Kier molecular flexibility index (Phi) is 18.0. The lowest BCUT2D eigenvalue weighted by molar-refractivity contribution is 0.0953. The molecule has 14 heteroatoms. The van der Waals surface area contributed by atoms with Crippen LogP contribution in [0.5, 0.6) is 0 Å². The van der Waals surface area contributed by atoms with Gasteiger partial charge in [-0.15, -0.1) is 10.2 Å². The summed E-state index contributed by atoms with van der Waals surface area (Å²) in [5, 5.41) is 16.9. The van der Waals surface area contributed by atoms with Crippen LogP contribution in [0.4, 0.5) is 0 Å². The molecule has 4 N–H and O–H groups in total. The molecule has 0 saturated carbocycles. The lowest BCUT2D eigenvalue weighted by Gasteiger charge is -2.10. The number of carbonyl (C=O) groups is 1. The zero-order valence-electron chi connectivity index (χ0n) is 29.9. The smallest absolute Gasteiger partial charge is 0.265 e. The molecule has 0 bridgehead atoms. The van der Waals surface area contributed by atoms with Gasteiger partial charge in [-0.2, -0.15) is 0 Å². The summed E-state index contributed by atoms with van der Waals surface area (Å²) >= 11 is 12.0. The molecule has 280 valence electrons. The van der Waals surface area contributed by atoms with Crippen molar-refractivity contribution in [3.8, 4) is 28.6 Å². The maximum atomic E-state index is 10.9. The van der Waals surface area contributed by atoms with E-state index in [9.17, 15) is 4.79 Å². The normalized spacial score (nSPS) is 9.98. The van der Waals surface area contributed by atoms with Crippen molar-refractivity contribution in [2.75, 3.05) is 6.61 Å². The van der Waals surface area contributed by atoms with Crippen molar-refractivity contribution in [1.29, 1.82) is 0 Å². The molecule has 55 heavy (non-hydrogen) atoms. The summed E-state index contributed by atoms with van der Waals surface area (Å²) in [7, 11) is 0. The van der Waals surface area contributed by atoms with Crippen molar-refractivity contribution in [1.82, 2.24) is 40.1 Å². The first-order valence-corrected chi connectivity index (χ1v) is 19.1. The molecule has 0 radical (unpaired) electrons. The van der Waals surface area contributed by atoms with E-state index in [4.69, 9.17) is 23.2 Å². The number of rotatable bonds is 9. The van der Waals surface area contributed by atoms with Crippen LogP contribution in [0.2, 0.25) is 0 Å². The van der Waals surface area contributed by atoms with Gasteiger partial charge in [0.1, 0.15) is 5.69 Å². The summed E-state index contributed by atoms with van der Waals surface area (Å²) in [5.74, 6) is 6.10. The number of aliphatic hydroxyl groups is 1. The fraction of sp³-hybridized carbons (Fsp3) is 0.122. The molecule has 7 rings (SSSR count). The minimum Gasteiger partial charge on any atom is -0.396 e. The topological polar surface area (TPSA) is 158 Å². The van der Waals surface area contributed by atoms with Crippen molar-refractivity contribution in [2.24, 2.45) is 5.84 Å². The second-order valence-corrected chi connectivity index (χ2v) is 13.7. The van der Waals surface area contributed by atoms with Gasteiger partial charge in [0, 0.05) is 75.1 Å². The number of aliphatic hydroxyl groups excluding tert-OH is 1. The third kappa shape index (κ3) is 13.8. The van der Waals surface area contributed by atoms with Crippen LogP contribution in [0.25, 0.3) is 28.6 Å². The quantitative estimate of drug-likeness (QED) is 0.0423. The van der Waals surface area contributed by atoms with E-state index in [1.165, 1.54) is 5.56 Å². The van der Waals surface area contributed by atoms with E-state index >= 15 is 0 Å². The number of carbonyl (C=O) groups excluding carboxylic acids is 1. The fourth-order valence-electron chi connectivity index (χ4n) is 4.62. The lowest BCUT2D eigenvalue weighted by atomic mass is 10.1. The predicted molar refractivity (Wildman–Crippen MR) is 227 cm³/mol. The first kappa shape index (κ1) is 42.4. The molecule has 0 unspecified atom stereocenters. The van der Waals surface area contributed by atoms with E-state index in [1.54, 1.807) is 61.4 Å². The maximum Gasteiger partial charge on any atom is 0.265 e. The van der Waals surface area contributed by atoms with Crippen LogP contribution in [-0.4, -0.2) is 57.2 Å². The number of benzene rings is 2. The number of nitrogens with zero attached hydrogens (tertiary/aromatic N) is 7. The Labute approximate surface area is 342 Å². The number of hydrazine groups is 1. The van der Waals surface area contributed by atoms with E-state index in [1.807, 2.05) is 94.9 Å². The zero-order chi connectivity index (χ0) is 39.3. The third-order valence-corrected chi connectivity index (χ3v) is 8.80. The summed E-state index contributed by atoms with van der Waals surface area (Å²) < 4.78 is 3.95. The Balaban J connectivity index is 0.000000186.